The number of carbonyl (C=O) groups excluding carboxylic acids is 1. The molecule has 0 spiro atoms. The van der Waals surface area contributed by atoms with Crippen molar-refractivity contribution in [1.29, 1.82) is 0 Å². The molecular formula is C17H30N2O. The molecule has 2 bridgehead atoms. The molecule has 0 aromatic rings. The summed E-state index contributed by atoms with van der Waals surface area (Å²) in [5.41, 5.74) is 6.15. The highest BCUT2D eigenvalue weighted by atomic mass is 16.1. The summed E-state index contributed by atoms with van der Waals surface area (Å²) < 4.78 is 0. The second-order valence-corrected chi connectivity index (χ2v) is 7.61. The molecule has 3 saturated carbocycles. The van der Waals surface area contributed by atoms with Crippen molar-refractivity contribution < 1.29 is 4.79 Å². The van der Waals surface area contributed by atoms with Crippen molar-refractivity contribution >= 4 is 5.91 Å². The van der Waals surface area contributed by atoms with Gasteiger partial charge in [-0.25, -0.2) is 0 Å². The van der Waals surface area contributed by atoms with Gasteiger partial charge in [-0.15, -0.1) is 0 Å². The van der Waals surface area contributed by atoms with Crippen molar-refractivity contribution in [2.24, 2.45) is 29.4 Å². The summed E-state index contributed by atoms with van der Waals surface area (Å²) in [6.45, 7) is 2.21. The number of hydrogen-bond acceptors (Lipinski definition) is 2. The fourth-order valence-corrected chi connectivity index (χ4v) is 5.05. The Bertz CT molecular complexity index is 357. The molecule has 114 valence electrons. The first-order valence-corrected chi connectivity index (χ1v) is 8.68. The zero-order chi connectivity index (χ0) is 14.1. The smallest absolute Gasteiger partial charge is 0.220 e. The van der Waals surface area contributed by atoms with Crippen molar-refractivity contribution in [2.75, 3.05) is 0 Å². The maximum Gasteiger partial charge on any atom is 0.220 e. The van der Waals surface area contributed by atoms with Gasteiger partial charge in [-0.1, -0.05) is 19.3 Å². The average Bonchev–Trinajstić information content (AvgIpc) is 3.03. The maximum atomic E-state index is 12.3. The zero-order valence-electron chi connectivity index (χ0n) is 12.8. The molecule has 0 radical (unpaired) electrons. The third-order valence-electron chi connectivity index (χ3n) is 6.24. The Kier molecular flexibility index (Phi) is 4.34. The van der Waals surface area contributed by atoms with Crippen LogP contribution in [0.4, 0.5) is 0 Å². The summed E-state index contributed by atoms with van der Waals surface area (Å²) >= 11 is 0. The predicted molar refractivity (Wildman–Crippen MR) is 81.1 cm³/mol. The third-order valence-corrected chi connectivity index (χ3v) is 6.24. The van der Waals surface area contributed by atoms with Crippen molar-refractivity contribution in [3.05, 3.63) is 0 Å². The minimum absolute atomic E-state index is 0.239. The predicted octanol–water partition coefficient (Wildman–Crippen LogP) is 2.83. The summed E-state index contributed by atoms with van der Waals surface area (Å²) in [7, 11) is 0. The topological polar surface area (TPSA) is 55.1 Å². The van der Waals surface area contributed by atoms with Crippen LogP contribution < -0.4 is 11.1 Å². The molecule has 6 atom stereocenters. The van der Waals surface area contributed by atoms with Crippen LogP contribution in [0.25, 0.3) is 0 Å². The molecule has 3 nitrogen and oxygen atoms in total. The Morgan fingerprint density at radius 2 is 2.00 bits per heavy atom. The molecule has 3 aliphatic carbocycles. The molecule has 3 N–H and O–H groups in total. The lowest BCUT2D eigenvalue weighted by Gasteiger charge is -2.31. The van der Waals surface area contributed by atoms with E-state index in [1.807, 2.05) is 0 Å². The Morgan fingerprint density at radius 1 is 1.20 bits per heavy atom. The van der Waals surface area contributed by atoms with Gasteiger partial charge in [-0.3, -0.25) is 4.79 Å². The van der Waals surface area contributed by atoms with Crippen LogP contribution in [0.15, 0.2) is 0 Å². The van der Waals surface area contributed by atoms with Gasteiger partial charge in [0, 0.05) is 18.5 Å². The van der Waals surface area contributed by atoms with E-state index in [2.05, 4.69) is 12.2 Å². The van der Waals surface area contributed by atoms with Gasteiger partial charge in [-0.2, -0.15) is 0 Å². The van der Waals surface area contributed by atoms with Crippen LogP contribution in [0.3, 0.4) is 0 Å². The second kappa shape index (κ2) is 6.05. The number of hydrogen-bond donors (Lipinski definition) is 2. The first-order valence-electron chi connectivity index (χ1n) is 8.68. The number of nitrogens with two attached hydrogens (primary N) is 1. The van der Waals surface area contributed by atoms with Crippen molar-refractivity contribution in [1.82, 2.24) is 5.32 Å². The molecule has 0 heterocycles. The van der Waals surface area contributed by atoms with Gasteiger partial charge in [0.05, 0.1) is 0 Å². The number of rotatable bonds is 4. The normalized spacial score (nSPS) is 41.6. The minimum Gasteiger partial charge on any atom is -0.353 e. The van der Waals surface area contributed by atoms with E-state index >= 15 is 0 Å². The molecule has 3 heteroatoms. The van der Waals surface area contributed by atoms with E-state index < -0.39 is 0 Å². The molecule has 3 aliphatic rings. The third kappa shape index (κ3) is 3.03. The maximum absolute atomic E-state index is 12.3. The van der Waals surface area contributed by atoms with Gasteiger partial charge in [-0.05, 0) is 62.7 Å². The molecule has 3 fully saturated rings. The van der Waals surface area contributed by atoms with E-state index in [0.29, 0.717) is 18.4 Å². The van der Waals surface area contributed by atoms with E-state index in [1.54, 1.807) is 0 Å². The molecule has 0 aromatic carbocycles. The van der Waals surface area contributed by atoms with Crippen LogP contribution in [0, 0.1) is 23.7 Å². The van der Waals surface area contributed by atoms with Crippen molar-refractivity contribution in [3.63, 3.8) is 0 Å². The number of amides is 1. The van der Waals surface area contributed by atoms with Gasteiger partial charge >= 0.3 is 0 Å². The van der Waals surface area contributed by atoms with Crippen LogP contribution in [-0.2, 0) is 4.79 Å². The number of fused-ring (bicyclic) bond motifs is 2. The number of nitrogens with one attached hydrogen (secondary N) is 1. The monoisotopic (exact) mass is 278 g/mol. The highest BCUT2D eigenvalue weighted by Crippen LogP contribution is 2.49. The quantitative estimate of drug-likeness (QED) is 0.831. The largest absolute Gasteiger partial charge is 0.353 e. The standard InChI is InChI=1S/C17H30N2O/c1-11(15-9-12-6-7-13(15)8-12)19-17(20)10-14-4-2-3-5-16(14)18/h11-16H,2-10,18H2,1H3,(H,19,20). The van der Waals surface area contributed by atoms with E-state index in [-0.39, 0.29) is 11.9 Å². The second-order valence-electron chi connectivity index (χ2n) is 7.61. The minimum atomic E-state index is 0.239. The highest BCUT2D eigenvalue weighted by molar-refractivity contribution is 5.76. The van der Waals surface area contributed by atoms with Crippen LogP contribution in [0.5, 0.6) is 0 Å². The summed E-state index contributed by atoms with van der Waals surface area (Å²) in [5.74, 6) is 3.22. The first kappa shape index (κ1) is 14.4. The lowest BCUT2D eigenvalue weighted by atomic mass is 9.82. The van der Waals surface area contributed by atoms with Gasteiger partial charge in [0.25, 0.3) is 0 Å². The van der Waals surface area contributed by atoms with E-state index in [0.717, 1.165) is 30.6 Å². The van der Waals surface area contributed by atoms with Gasteiger partial charge in [0.2, 0.25) is 5.91 Å². The van der Waals surface area contributed by atoms with Gasteiger partial charge in [0.1, 0.15) is 0 Å². The van der Waals surface area contributed by atoms with Crippen LogP contribution in [-0.4, -0.2) is 18.0 Å². The fourth-order valence-electron chi connectivity index (χ4n) is 5.05. The fraction of sp³-hybridized carbons (Fsp3) is 0.941. The zero-order valence-corrected chi connectivity index (χ0v) is 12.8. The molecule has 0 aromatic heterocycles. The molecule has 0 aliphatic heterocycles. The van der Waals surface area contributed by atoms with Crippen molar-refractivity contribution in [3.8, 4) is 0 Å². The van der Waals surface area contributed by atoms with Gasteiger partial charge < -0.3 is 11.1 Å². The van der Waals surface area contributed by atoms with Crippen LogP contribution in [0.1, 0.15) is 64.7 Å². The number of carbonyl (C=O) groups is 1. The SMILES string of the molecule is CC(NC(=O)CC1CCCCC1N)C1CC2CCC1C2. The molecule has 20 heavy (non-hydrogen) atoms. The summed E-state index contributed by atoms with van der Waals surface area (Å²) in [5, 5.41) is 3.28. The highest BCUT2D eigenvalue weighted by Gasteiger charge is 2.42. The lowest BCUT2D eigenvalue weighted by Crippen LogP contribution is -2.43. The van der Waals surface area contributed by atoms with Crippen molar-refractivity contribution in [2.45, 2.75) is 76.8 Å². The Labute approximate surface area is 123 Å². The van der Waals surface area contributed by atoms with Gasteiger partial charge in [0.15, 0.2) is 0 Å². The average molecular weight is 278 g/mol. The van der Waals surface area contributed by atoms with E-state index in [9.17, 15) is 4.79 Å². The molecule has 0 saturated heterocycles. The molecule has 3 rings (SSSR count). The first-order chi connectivity index (χ1) is 9.63. The molecular weight excluding hydrogens is 248 g/mol. The Hall–Kier alpha value is -0.570. The van der Waals surface area contributed by atoms with E-state index in [1.165, 1.54) is 38.5 Å². The summed E-state index contributed by atoms with van der Waals surface area (Å²) in [6, 6.07) is 0.602. The summed E-state index contributed by atoms with van der Waals surface area (Å²) in [4.78, 5) is 12.3. The molecule has 1 amide bonds. The summed E-state index contributed by atoms with van der Waals surface area (Å²) in [6.07, 6.45) is 10.9. The lowest BCUT2D eigenvalue weighted by molar-refractivity contribution is -0.123. The van der Waals surface area contributed by atoms with E-state index in [4.69, 9.17) is 5.73 Å². The molecule has 6 unspecified atom stereocenters. The Morgan fingerprint density at radius 3 is 2.65 bits per heavy atom. The van der Waals surface area contributed by atoms with Crippen LogP contribution in [0.2, 0.25) is 0 Å². The Balaban J connectivity index is 1.46. The van der Waals surface area contributed by atoms with Crippen LogP contribution >= 0.6 is 0 Å².